The summed E-state index contributed by atoms with van der Waals surface area (Å²) in [5.41, 5.74) is 2.71. The number of imidazole rings is 1. The van der Waals surface area contributed by atoms with Gasteiger partial charge in [-0.25, -0.2) is 4.98 Å². The summed E-state index contributed by atoms with van der Waals surface area (Å²) in [4.78, 5) is 4.85. The van der Waals surface area contributed by atoms with E-state index in [9.17, 15) is 0 Å². The van der Waals surface area contributed by atoms with Crippen molar-refractivity contribution in [2.75, 3.05) is 19.8 Å². The first kappa shape index (κ1) is 14.5. The zero-order valence-corrected chi connectivity index (χ0v) is 12.5. The lowest BCUT2D eigenvalue weighted by Crippen LogP contribution is -2.25. The van der Waals surface area contributed by atoms with E-state index in [-0.39, 0.29) is 0 Å². The molecular formula is C15H27N3O. The van der Waals surface area contributed by atoms with Gasteiger partial charge in [0.1, 0.15) is 5.82 Å². The van der Waals surface area contributed by atoms with Crippen LogP contribution in [0.15, 0.2) is 0 Å². The predicted molar refractivity (Wildman–Crippen MR) is 77.3 cm³/mol. The second-order valence-electron chi connectivity index (χ2n) is 5.65. The number of hydrogen-bond donors (Lipinski definition) is 1. The first-order valence-corrected chi connectivity index (χ1v) is 7.58. The summed E-state index contributed by atoms with van der Waals surface area (Å²) in [6.07, 6.45) is 3.26. The van der Waals surface area contributed by atoms with Gasteiger partial charge in [0.15, 0.2) is 0 Å². The first-order chi connectivity index (χ1) is 9.22. The van der Waals surface area contributed by atoms with Gasteiger partial charge in [0, 0.05) is 51.4 Å². The van der Waals surface area contributed by atoms with Crippen molar-refractivity contribution < 1.29 is 4.74 Å². The highest BCUT2D eigenvalue weighted by Crippen LogP contribution is 2.19. The van der Waals surface area contributed by atoms with E-state index in [1.165, 1.54) is 17.2 Å². The fourth-order valence-corrected chi connectivity index (χ4v) is 2.68. The van der Waals surface area contributed by atoms with E-state index in [4.69, 9.17) is 9.72 Å². The predicted octanol–water partition coefficient (Wildman–Crippen LogP) is 2.15. The van der Waals surface area contributed by atoms with Crippen LogP contribution in [0, 0.1) is 5.92 Å². The zero-order chi connectivity index (χ0) is 13.7. The molecule has 0 amide bonds. The molecular weight excluding hydrogens is 238 g/mol. The van der Waals surface area contributed by atoms with Gasteiger partial charge in [0.2, 0.25) is 0 Å². The number of nitrogens with zero attached hydrogens (tertiary/aromatic N) is 2. The summed E-state index contributed by atoms with van der Waals surface area (Å²) in [7, 11) is 0. The Bertz CT molecular complexity index is 398. The van der Waals surface area contributed by atoms with E-state index in [1.54, 1.807) is 0 Å². The molecule has 19 heavy (non-hydrogen) atoms. The summed E-state index contributed by atoms with van der Waals surface area (Å²) in [6, 6.07) is 0. The van der Waals surface area contributed by atoms with Crippen molar-refractivity contribution in [3.63, 3.8) is 0 Å². The molecule has 4 nitrogen and oxygen atoms in total. The number of hydrogen-bond acceptors (Lipinski definition) is 3. The fourth-order valence-electron chi connectivity index (χ4n) is 2.68. The maximum absolute atomic E-state index is 5.45. The fraction of sp³-hybridized carbons (Fsp3) is 0.800. The van der Waals surface area contributed by atoms with Crippen molar-refractivity contribution in [2.45, 2.75) is 53.1 Å². The highest BCUT2D eigenvalue weighted by molar-refractivity contribution is 5.20. The molecule has 0 aromatic carbocycles. The smallest absolute Gasteiger partial charge is 0.109 e. The third kappa shape index (κ3) is 3.80. The number of rotatable bonds is 7. The van der Waals surface area contributed by atoms with Crippen molar-refractivity contribution in [1.82, 2.24) is 14.9 Å². The average Bonchev–Trinajstić information content (AvgIpc) is 2.72. The van der Waals surface area contributed by atoms with Gasteiger partial charge in [0.05, 0.1) is 5.69 Å². The van der Waals surface area contributed by atoms with Crippen LogP contribution in [0.3, 0.4) is 0 Å². The Kier molecular flexibility index (Phi) is 5.40. The molecule has 2 heterocycles. The highest BCUT2D eigenvalue weighted by Gasteiger charge is 2.19. The molecule has 0 fully saturated rings. The van der Waals surface area contributed by atoms with Crippen molar-refractivity contribution in [2.24, 2.45) is 5.92 Å². The van der Waals surface area contributed by atoms with Crippen LogP contribution < -0.4 is 5.32 Å². The molecule has 2 rings (SSSR count). The SMILES string of the molecule is CCOCCCn1c(CC(C)C)nc2c1CCNC2. The van der Waals surface area contributed by atoms with Gasteiger partial charge >= 0.3 is 0 Å². The molecule has 0 bridgehead atoms. The van der Waals surface area contributed by atoms with E-state index in [0.29, 0.717) is 5.92 Å². The minimum Gasteiger partial charge on any atom is -0.382 e. The second kappa shape index (κ2) is 7.06. The van der Waals surface area contributed by atoms with Gasteiger partial charge in [-0.15, -0.1) is 0 Å². The van der Waals surface area contributed by atoms with Gasteiger partial charge < -0.3 is 14.6 Å². The van der Waals surface area contributed by atoms with Crippen LogP contribution in [0.5, 0.6) is 0 Å². The Morgan fingerprint density at radius 2 is 2.26 bits per heavy atom. The van der Waals surface area contributed by atoms with E-state index in [2.05, 4.69) is 30.7 Å². The topological polar surface area (TPSA) is 39.1 Å². The first-order valence-electron chi connectivity index (χ1n) is 7.58. The van der Waals surface area contributed by atoms with Crippen molar-refractivity contribution in [3.05, 3.63) is 17.2 Å². The standard InChI is InChI=1S/C15H27N3O/c1-4-19-9-5-8-18-14-6-7-16-11-13(14)17-15(18)10-12(2)3/h12,16H,4-11H2,1-3H3. The molecule has 0 saturated heterocycles. The minimum atomic E-state index is 0.655. The number of aromatic nitrogens is 2. The molecule has 1 aliphatic rings. The maximum atomic E-state index is 5.45. The molecule has 1 aromatic rings. The van der Waals surface area contributed by atoms with Crippen molar-refractivity contribution in [1.29, 1.82) is 0 Å². The molecule has 0 saturated carbocycles. The Morgan fingerprint density at radius 1 is 1.42 bits per heavy atom. The molecule has 0 atom stereocenters. The number of ether oxygens (including phenoxy) is 1. The monoisotopic (exact) mass is 265 g/mol. The lowest BCUT2D eigenvalue weighted by atomic mass is 10.1. The molecule has 0 radical (unpaired) electrons. The molecule has 1 aromatic heterocycles. The zero-order valence-electron chi connectivity index (χ0n) is 12.5. The summed E-state index contributed by atoms with van der Waals surface area (Å²) >= 11 is 0. The van der Waals surface area contributed by atoms with E-state index in [0.717, 1.165) is 52.1 Å². The van der Waals surface area contributed by atoms with Gasteiger partial charge in [-0.05, 0) is 19.3 Å². The van der Waals surface area contributed by atoms with Gasteiger partial charge in [-0.3, -0.25) is 0 Å². The van der Waals surface area contributed by atoms with Crippen LogP contribution in [0.1, 0.15) is 44.4 Å². The quantitative estimate of drug-likeness (QED) is 0.768. The third-order valence-electron chi connectivity index (χ3n) is 3.53. The maximum Gasteiger partial charge on any atom is 0.109 e. The molecule has 108 valence electrons. The molecule has 0 unspecified atom stereocenters. The van der Waals surface area contributed by atoms with Gasteiger partial charge in [-0.2, -0.15) is 0 Å². The molecule has 0 aliphatic carbocycles. The van der Waals surface area contributed by atoms with E-state index < -0.39 is 0 Å². The Balaban J connectivity index is 2.10. The molecule has 4 heteroatoms. The summed E-state index contributed by atoms with van der Waals surface area (Å²) < 4.78 is 7.90. The average molecular weight is 265 g/mol. The summed E-state index contributed by atoms with van der Waals surface area (Å²) in [5.74, 6) is 1.92. The largest absolute Gasteiger partial charge is 0.382 e. The Morgan fingerprint density at radius 3 is 3.00 bits per heavy atom. The van der Waals surface area contributed by atoms with Crippen LogP contribution in [-0.2, 0) is 30.7 Å². The molecule has 1 aliphatic heterocycles. The second-order valence-corrected chi connectivity index (χ2v) is 5.65. The minimum absolute atomic E-state index is 0.655. The van der Waals surface area contributed by atoms with Crippen LogP contribution in [0.2, 0.25) is 0 Å². The van der Waals surface area contributed by atoms with Crippen molar-refractivity contribution >= 4 is 0 Å². The van der Waals surface area contributed by atoms with Crippen LogP contribution >= 0.6 is 0 Å². The Labute approximate surface area is 116 Å². The van der Waals surface area contributed by atoms with Crippen LogP contribution in [-0.4, -0.2) is 29.3 Å². The summed E-state index contributed by atoms with van der Waals surface area (Å²) in [5, 5.41) is 3.41. The lowest BCUT2D eigenvalue weighted by molar-refractivity contribution is 0.141. The summed E-state index contributed by atoms with van der Waals surface area (Å²) in [6.45, 7) is 11.3. The van der Waals surface area contributed by atoms with Gasteiger partial charge in [0.25, 0.3) is 0 Å². The number of fused-ring (bicyclic) bond motifs is 1. The van der Waals surface area contributed by atoms with Crippen LogP contribution in [0.25, 0.3) is 0 Å². The normalized spacial score (nSPS) is 14.9. The van der Waals surface area contributed by atoms with Crippen molar-refractivity contribution in [3.8, 4) is 0 Å². The highest BCUT2D eigenvalue weighted by atomic mass is 16.5. The van der Waals surface area contributed by atoms with Gasteiger partial charge in [-0.1, -0.05) is 13.8 Å². The van der Waals surface area contributed by atoms with E-state index in [1.807, 2.05) is 0 Å². The Hall–Kier alpha value is -0.870. The molecule has 0 spiro atoms. The van der Waals surface area contributed by atoms with Crippen LogP contribution in [0.4, 0.5) is 0 Å². The molecule has 1 N–H and O–H groups in total. The van der Waals surface area contributed by atoms with E-state index >= 15 is 0 Å². The number of nitrogens with one attached hydrogen (secondary N) is 1. The lowest BCUT2D eigenvalue weighted by Gasteiger charge is -2.16. The third-order valence-corrected chi connectivity index (χ3v) is 3.53.